The Labute approximate surface area is 128 Å². The average molecular weight is 303 g/mol. The highest BCUT2D eigenvalue weighted by Gasteiger charge is 2.03. The van der Waals surface area contributed by atoms with Gasteiger partial charge in [-0.3, -0.25) is 4.79 Å². The standard InChI is InChI=1S/C16H15ClN2O2/c1-2-21-15-8-6-13(7-9-15)16(20)19-18-11-12-4-3-5-14(17)10-12/h3-11H,2H2,1H3,(H,19,20)/b18-11+. The van der Waals surface area contributed by atoms with Crippen molar-refractivity contribution in [2.24, 2.45) is 5.10 Å². The summed E-state index contributed by atoms with van der Waals surface area (Å²) in [6, 6.07) is 14.1. The highest BCUT2D eigenvalue weighted by Crippen LogP contribution is 2.12. The van der Waals surface area contributed by atoms with Crippen molar-refractivity contribution in [3.05, 3.63) is 64.7 Å². The van der Waals surface area contributed by atoms with Crippen LogP contribution < -0.4 is 10.2 Å². The number of carbonyl (C=O) groups excluding carboxylic acids is 1. The molecule has 0 spiro atoms. The molecule has 2 aromatic rings. The molecule has 2 rings (SSSR count). The lowest BCUT2D eigenvalue weighted by atomic mass is 10.2. The molecule has 0 radical (unpaired) electrons. The molecule has 5 heteroatoms. The van der Waals surface area contributed by atoms with Crippen molar-refractivity contribution < 1.29 is 9.53 Å². The molecule has 0 aromatic heterocycles. The summed E-state index contributed by atoms with van der Waals surface area (Å²) in [5.41, 5.74) is 3.79. The maximum Gasteiger partial charge on any atom is 0.271 e. The number of benzene rings is 2. The third-order valence-corrected chi connectivity index (χ3v) is 2.89. The fraction of sp³-hybridized carbons (Fsp3) is 0.125. The van der Waals surface area contributed by atoms with Gasteiger partial charge in [0, 0.05) is 10.6 Å². The van der Waals surface area contributed by atoms with Gasteiger partial charge in [0.15, 0.2) is 0 Å². The van der Waals surface area contributed by atoms with Crippen LogP contribution in [0.2, 0.25) is 5.02 Å². The number of nitrogens with zero attached hydrogens (tertiary/aromatic N) is 1. The van der Waals surface area contributed by atoms with Crippen LogP contribution in [-0.2, 0) is 0 Å². The van der Waals surface area contributed by atoms with E-state index < -0.39 is 0 Å². The third kappa shape index (κ3) is 4.61. The number of carbonyl (C=O) groups is 1. The summed E-state index contributed by atoms with van der Waals surface area (Å²) >= 11 is 5.86. The fourth-order valence-electron chi connectivity index (χ4n) is 1.69. The van der Waals surface area contributed by atoms with Crippen LogP contribution in [0.15, 0.2) is 53.6 Å². The van der Waals surface area contributed by atoms with E-state index in [0.717, 1.165) is 11.3 Å². The van der Waals surface area contributed by atoms with Gasteiger partial charge in [0.25, 0.3) is 5.91 Å². The second-order valence-corrected chi connectivity index (χ2v) is 4.65. The molecule has 0 aliphatic rings. The monoisotopic (exact) mass is 302 g/mol. The first kappa shape index (κ1) is 15.1. The van der Waals surface area contributed by atoms with E-state index in [4.69, 9.17) is 16.3 Å². The molecule has 1 amide bonds. The van der Waals surface area contributed by atoms with Crippen LogP contribution in [0.4, 0.5) is 0 Å². The van der Waals surface area contributed by atoms with Crippen molar-refractivity contribution in [1.82, 2.24) is 5.43 Å². The van der Waals surface area contributed by atoms with Gasteiger partial charge in [0.1, 0.15) is 5.75 Å². The normalized spacial score (nSPS) is 10.6. The zero-order valence-electron chi connectivity index (χ0n) is 11.5. The van der Waals surface area contributed by atoms with E-state index >= 15 is 0 Å². The molecular formula is C16H15ClN2O2. The Hall–Kier alpha value is -2.33. The second kappa shape index (κ2) is 7.45. The quantitative estimate of drug-likeness (QED) is 0.679. The Balaban J connectivity index is 1.95. The third-order valence-electron chi connectivity index (χ3n) is 2.66. The number of amides is 1. The minimum absolute atomic E-state index is 0.281. The Morgan fingerprint density at radius 1 is 1.29 bits per heavy atom. The molecule has 21 heavy (non-hydrogen) atoms. The molecule has 108 valence electrons. The Morgan fingerprint density at radius 2 is 2.05 bits per heavy atom. The first-order valence-corrected chi connectivity index (χ1v) is 6.88. The van der Waals surface area contributed by atoms with Gasteiger partial charge < -0.3 is 4.74 Å². The molecule has 0 saturated heterocycles. The SMILES string of the molecule is CCOc1ccc(C(=O)N/N=C/c2cccc(Cl)c2)cc1. The summed E-state index contributed by atoms with van der Waals surface area (Å²) in [5.74, 6) is 0.452. The largest absolute Gasteiger partial charge is 0.494 e. The summed E-state index contributed by atoms with van der Waals surface area (Å²) in [4.78, 5) is 11.9. The van der Waals surface area contributed by atoms with E-state index in [1.165, 1.54) is 0 Å². The molecule has 4 nitrogen and oxygen atoms in total. The molecule has 0 atom stereocenters. The maximum absolute atomic E-state index is 11.9. The Kier molecular flexibility index (Phi) is 5.35. The fourth-order valence-corrected chi connectivity index (χ4v) is 1.88. The smallest absolute Gasteiger partial charge is 0.271 e. The number of hydrogen-bond donors (Lipinski definition) is 1. The predicted molar refractivity (Wildman–Crippen MR) is 84.1 cm³/mol. The van der Waals surface area contributed by atoms with Gasteiger partial charge in [0.05, 0.1) is 12.8 Å². The van der Waals surface area contributed by atoms with E-state index in [0.29, 0.717) is 17.2 Å². The average Bonchev–Trinajstić information content (AvgIpc) is 2.48. The molecule has 0 unspecified atom stereocenters. The van der Waals surface area contributed by atoms with Crippen molar-refractivity contribution in [2.45, 2.75) is 6.92 Å². The van der Waals surface area contributed by atoms with Crippen molar-refractivity contribution in [1.29, 1.82) is 0 Å². The number of rotatable bonds is 5. The van der Waals surface area contributed by atoms with Crippen LogP contribution in [0.25, 0.3) is 0 Å². The van der Waals surface area contributed by atoms with Gasteiger partial charge in [-0.05, 0) is 48.9 Å². The molecule has 0 bridgehead atoms. The van der Waals surface area contributed by atoms with E-state index in [2.05, 4.69) is 10.5 Å². The predicted octanol–water partition coefficient (Wildman–Crippen LogP) is 3.50. The lowest BCUT2D eigenvalue weighted by Gasteiger charge is -2.04. The first-order chi connectivity index (χ1) is 10.2. The van der Waals surface area contributed by atoms with Gasteiger partial charge in [-0.1, -0.05) is 23.7 Å². The van der Waals surface area contributed by atoms with Gasteiger partial charge in [-0.15, -0.1) is 0 Å². The molecule has 0 saturated carbocycles. The zero-order valence-corrected chi connectivity index (χ0v) is 12.3. The molecule has 0 aliphatic heterocycles. The minimum Gasteiger partial charge on any atom is -0.494 e. The molecule has 0 heterocycles. The van der Waals surface area contributed by atoms with Crippen LogP contribution >= 0.6 is 11.6 Å². The van der Waals surface area contributed by atoms with Crippen molar-refractivity contribution in [2.75, 3.05) is 6.61 Å². The lowest BCUT2D eigenvalue weighted by Crippen LogP contribution is -2.17. The topological polar surface area (TPSA) is 50.7 Å². The number of ether oxygens (including phenoxy) is 1. The Bertz CT molecular complexity index is 639. The van der Waals surface area contributed by atoms with E-state index in [9.17, 15) is 4.79 Å². The maximum atomic E-state index is 11.9. The molecule has 0 fully saturated rings. The highest BCUT2D eigenvalue weighted by atomic mass is 35.5. The summed E-state index contributed by atoms with van der Waals surface area (Å²) in [6.45, 7) is 2.50. The van der Waals surface area contributed by atoms with Gasteiger partial charge in [-0.2, -0.15) is 5.10 Å². The summed E-state index contributed by atoms with van der Waals surface area (Å²) in [5, 5.41) is 4.53. The van der Waals surface area contributed by atoms with Crippen LogP contribution in [0.1, 0.15) is 22.8 Å². The highest BCUT2D eigenvalue weighted by molar-refractivity contribution is 6.30. The van der Waals surface area contributed by atoms with E-state index in [1.807, 2.05) is 19.1 Å². The number of hydrazone groups is 1. The van der Waals surface area contributed by atoms with E-state index in [-0.39, 0.29) is 5.91 Å². The van der Waals surface area contributed by atoms with Gasteiger partial charge in [-0.25, -0.2) is 5.43 Å². The van der Waals surface area contributed by atoms with Crippen LogP contribution in [0.3, 0.4) is 0 Å². The summed E-state index contributed by atoms with van der Waals surface area (Å²) < 4.78 is 5.32. The van der Waals surface area contributed by atoms with E-state index in [1.54, 1.807) is 42.6 Å². The van der Waals surface area contributed by atoms with Gasteiger partial charge >= 0.3 is 0 Å². The van der Waals surface area contributed by atoms with Crippen LogP contribution in [0, 0.1) is 0 Å². The second-order valence-electron chi connectivity index (χ2n) is 4.21. The van der Waals surface area contributed by atoms with Gasteiger partial charge in [0.2, 0.25) is 0 Å². The molecular weight excluding hydrogens is 288 g/mol. The zero-order chi connectivity index (χ0) is 15.1. The minimum atomic E-state index is -0.281. The first-order valence-electron chi connectivity index (χ1n) is 6.51. The summed E-state index contributed by atoms with van der Waals surface area (Å²) in [6.07, 6.45) is 1.54. The molecule has 0 aliphatic carbocycles. The van der Waals surface area contributed by atoms with Crippen molar-refractivity contribution >= 4 is 23.7 Å². The number of halogens is 1. The van der Waals surface area contributed by atoms with Crippen LogP contribution in [-0.4, -0.2) is 18.7 Å². The van der Waals surface area contributed by atoms with Crippen molar-refractivity contribution in [3.63, 3.8) is 0 Å². The molecule has 1 N–H and O–H groups in total. The van der Waals surface area contributed by atoms with Crippen molar-refractivity contribution in [3.8, 4) is 5.75 Å². The number of nitrogens with one attached hydrogen (secondary N) is 1. The number of hydrogen-bond acceptors (Lipinski definition) is 3. The Morgan fingerprint density at radius 3 is 2.71 bits per heavy atom. The summed E-state index contributed by atoms with van der Waals surface area (Å²) in [7, 11) is 0. The lowest BCUT2D eigenvalue weighted by molar-refractivity contribution is 0.0955. The molecule has 2 aromatic carbocycles. The van der Waals surface area contributed by atoms with Crippen LogP contribution in [0.5, 0.6) is 5.75 Å².